The highest BCUT2D eigenvalue weighted by atomic mass is 16.4. The smallest absolute Gasteiger partial charge is 0.226 e. The van der Waals surface area contributed by atoms with Gasteiger partial charge < -0.3 is 15.8 Å². The number of carbonyl (C=O) groups is 1. The molecule has 0 radical (unpaired) electrons. The third-order valence-corrected chi connectivity index (χ3v) is 2.77. The van der Waals surface area contributed by atoms with Gasteiger partial charge >= 0.3 is 0 Å². The summed E-state index contributed by atoms with van der Waals surface area (Å²) in [6, 6.07) is 7.08. The van der Waals surface area contributed by atoms with E-state index >= 15 is 0 Å². The number of nitrogens with two attached hydrogens (primary N) is 1. The minimum Gasteiger partial charge on any atom is -0.409 e. The van der Waals surface area contributed by atoms with Crippen LogP contribution in [0.3, 0.4) is 0 Å². The summed E-state index contributed by atoms with van der Waals surface area (Å²) in [5.41, 5.74) is 6.79. The largest absolute Gasteiger partial charge is 0.409 e. The van der Waals surface area contributed by atoms with Crippen LogP contribution >= 0.6 is 0 Å². The second-order valence-electron chi connectivity index (χ2n) is 4.06. The van der Waals surface area contributed by atoms with Crippen molar-refractivity contribution in [3.8, 4) is 0 Å². The number of unbranched alkanes of at least 4 members (excludes halogenated alkanes) is 1. The highest BCUT2D eigenvalue weighted by molar-refractivity contribution is 6.06. The van der Waals surface area contributed by atoms with E-state index in [2.05, 4.69) is 5.16 Å². The quantitative estimate of drug-likeness (QED) is 0.362. The molecule has 1 amide bonds. The van der Waals surface area contributed by atoms with Gasteiger partial charge in [0, 0.05) is 19.0 Å². The molecule has 1 aromatic rings. The number of hydrogen-bond donors (Lipinski definition) is 2. The summed E-state index contributed by atoms with van der Waals surface area (Å²) < 4.78 is 0. The van der Waals surface area contributed by atoms with Crippen molar-refractivity contribution >= 4 is 17.4 Å². The fourth-order valence-electron chi connectivity index (χ4n) is 1.67. The molecule has 0 saturated carbocycles. The molecular weight excluding hydrogens is 230 g/mol. The molecule has 0 spiro atoms. The lowest BCUT2D eigenvalue weighted by molar-refractivity contribution is -0.118. The van der Waals surface area contributed by atoms with Gasteiger partial charge in [0.05, 0.1) is 5.69 Å². The van der Waals surface area contributed by atoms with E-state index in [-0.39, 0.29) is 11.7 Å². The third-order valence-electron chi connectivity index (χ3n) is 2.77. The number of hydrogen-bond acceptors (Lipinski definition) is 3. The Hall–Kier alpha value is -2.04. The zero-order valence-corrected chi connectivity index (χ0v) is 10.8. The molecule has 98 valence electrons. The maximum atomic E-state index is 11.9. The van der Waals surface area contributed by atoms with E-state index in [0.29, 0.717) is 17.7 Å². The molecule has 0 aromatic heterocycles. The van der Waals surface area contributed by atoms with E-state index in [4.69, 9.17) is 10.9 Å². The second-order valence-corrected chi connectivity index (χ2v) is 4.06. The van der Waals surface area contributed by atoms with Crippen LogP contribution in [-0.2, 0) is 4.79 Å². The van der Waals surface area contributed by atoms with Crippen LogP contribution in [-0.4, -0.2) is 24.0 Å². The zero-order valence-electron chi connectivity index (χ0n) is 10.8. The third kappa shape index (κ3) is 3.23. The van der Waals surface area contributed by atoms with Gasteiger partial charge in [-0.1, -0.05) is 30.6 Å². The summed E-state index contributed by atoms with van der Waals surface area (Å²) in [5, 5.41) is 11.7. The van der Waals surface area contributed by atoms with Crippen LogP contribution in [0.5, 0.6) is 0 Å². The van der Waals surface area contributed by atoms with Crippen LogP contribution in [0.4, 0.5) is 5.69 Å². The molecule has 0 heterocycles. The van der Waals surface area contributed by atoms with E-state index in [0.717, 1.165) is 12.8 Å². The SMILES string of the molecule is CCCCC(=O)N(C)c1ccccc1C(N)=NO. The summed E-state index contributed by atoms with van der Waals surface area (Å²) >= 11 is 0. The van der Waals surface area contributed by atoms with E-state index < -0.39 is 0 Å². The molecule has 0 saturated heterocycles. The molecule has 1 aromatic carbocycles. The lowest BCUT2D eigenvalue weighted by Crippen LogP contribution is -2.28. The van der Waals surface area contributed by atoms with Gasteiger partial charge in [-0.25, -0.2) is 0 Å². The van der Waals surface area contributed by atoms with Gasteiger partial charge in [0.1, 0.15) is 0 Å². The van der Waals surface area contributed by atoms with Gasteiger partial charge in [-0.15, -0.1) is 0 Å². The number of anilines is 1. The molecule has 1 rings (SSSR count). The first-order chi connectivity index (χ1) is 8.61. The van der Waals surface area contributed by atoms with Crippen molar-refractivity contribution in [2.45, 2.75) is 26.2 Å². The van der Waals surface area contributed by atoms with Gasteiger partial charge in [-0.2, -0.15) is 0 Å². The lowest BCUT2D eigenvalue weighted by atomic mass is 10.1. The fourth-order valence-corrected chi connectivity index (χ4v) is 1.67. The van der Waals surface area contributed by atoms with Gasteiger partial charge in [0.25, 0.3) is 0 Å². The average Bonchev–Trinajstić information content (AvgIpc) is 2.43. The summed E-state index contributed by atoms with van der Waals surface area (Å²) in [4.78, 5) is 13.5. The van der Waals surface area contributed by atoms with Crippen LogP contribution in [0.15, 0.2) is 29.4 Å². The maximum Gasteiger partial charge on any atom is 0.226 e. The molecule has 0 aliphatic carbocycles. The highest BCUT2D eigenvalue weighted by Crippen LogP contribution is 2.20. The Morgan fingerprint density at radius 2 is 2.11 bits per heavy atom. The van der Waals surface area contributed by atoms with E-state index in [9.17, 15) is 4.79 Å². The summed E-state index contributed by atoms with van der Waals surface area (Å²) in [7, 11) is 1.70. The van der Waals surface area contributed by atoms with Crippen molar-refractivity contribution in [2.75, 3.05) is 11.9 Å². The predicted molar refractivity (Wildman–Crippen MR) is 71.9 cm³/mol. The van der Waals surface area contributed by atoms with Crippen LogP contribution in [0.25, 0.3) is 0 Å². The maximum absolute atomic E-state index is 11.9. The normalized spacial score (nSPS) is 11.3. The first kappa shape index (κ1) is 14.0. The Morgan fingerprint density at radius 1 is 1.44 bits per heavy atom. The molecule has 5 heteroatoms. The Labute approximate surface area is 107 Å². The van der Waals surface area contributed by atoms with E-state index in [1.165, 1.54) is 0 Å². The van der Waals surface area contributed by atoms with Gasteiger partial charge in [0.15, 0.2) is 5.84 Å². The molecule has 0 atom stereocenters. The van der Waals surface area contributed by atoms with Crippen molar-refractivity contribution in [3.63, 3.8) is 0 Å². The number of oxime groups is 1. The zero-order chi connectivity index (χ0) is 13.5. The minimum absolute atomic E-state index is 0.000687. The molecular formula is C13H19N3O2. The number of para-hydroxylation sites is 1. The number of benzene rings is 1. The Balaban J connectivity index is 2.98. The van der Waals surface area contributed by atoms with E-state index in [1.807, 2.05) is 13.0 Å². The van der Waals surface area contributed by atoms with Gasteiger partial charge in [-0.05, 0) is 18.6 Å². The van der Waals surface area contributed by atoms with Crippen LogP contribution < -0.4 is 10.6 Å². The van der Waals surface area contributed by atoms with Crippen LogP contribution in [0.1, 0.15) is 31.7 Å². The number of carbonyl (C=O) groups excluding carboxylic acids is 1. The molecule has 0 unspecified atom stereocenters. The lowest BCUT2D eigenvalue weighted by Gasteiger charge is -2.20. The molecule has 0 fully saturated rings. The molecule has 3 N–H and O–H groups in total. The fraction of sp³-hybridized carbons (Fsp3) is 0.385. The van der Waals surface area contributed by atoms with Crippen LogP contribution in [0, 0.1) is 0 Å². The monoisotopic (exact) mass is 249 g/mol. The van der Waals surface area contributed by atoms with E-state index in [1.54, 1.807) is 30.1 Å². The number of amidine groups is 1. The molecule has 5 nitrogen and oxygen atoms in total. The molecule has 0 bridgehead atoms. The van der Waals surface area contributed by atoms with Crippen molar-refractivity contribution < 1.29 is 10.0 Å². The van der Waals surface area contributed by atoms with Gasteiger partial charge in [0.2, 0.25) is 5.91 Å². The topological polar surface area (TPSA) is 78.9 Å². The Kier molecular flexibility index (Phi) is 5.17. The summed E-state index contributed by atoms with van der Waals surface area (Å²) in [5.74, 6) is 0.0239. The Bertz CT molecular complexity index is 444. The van der Waals surface area contributed by atoms with Crippen LogP contribution in [0.2, 0.25) is 0 Å². The number of rotatable bonds is 5. The number of nitrogens with zero attached hydrogens (tertiary/aromatic N) is 2. The Morgan fingerprint density at radius 3 is 2.72 bits per heavy atom. The van der Waals surface area contributed by atoms with Crippen molar-refractivity contribution in [1.82, 2.24) is 0 Å². The molecule has 18 heavy (non-hydrogen) atoms. The summed E-state index contributed by atoms with van der Waals surface area (Å²) in [6.07, 6.45) is 2.33. The average molecular weight is 249 g/mol. The van der Waals surface area contributed by atoms with Crippen molar-refractivity contribution in [3.05, 3.63) is 29.8 Å². The van der Waals surface area contributed by atoms with Gasteiger partial charge in [-0.3, -0.25) is 4.79 Å². The second kappa shape index (κ2) is 6.64. The first-order valence-electron chi connectivity index (χ1n) is 5.95. The summed E-state index contributed by atoms with van der Waals surface area (Å²) in [6.45, 7) is 2.04. The van der Waals surface area contributed by atoms with Crippen molar-refractivity contribution in [1.29, 1.82) is 0 Å². The molecule has 0 aliphatic heterocycles. The van der Waals surface area contributed by atoms with Crippen molar-refractivity contribution in [2.24, 2.45) is 10.9 Å². The highest BCUT2D eigenvalue weighted by Gasteiger charge is 2.15. The standard InChI is InChI=1S/C13H19N3O2/c1-3-4-9-12(17)16(2)11-8-6-5-7-10(11)13(14)15-18/h5-8,18H,3-4,9H2,1-2H3,(H2,14,15). The number of amides is 1. The minimum atomic E-state index is 0.000687. The first-order valence-corrected chi connectivity index (χ1v) is 5.95. The molecule has 0 aliphatic rings. The predicted octanol–water partition coefficient (Wildman–Crippen LogP) is 1.93.